The number of nitrogens with zero attached hydrogens (tertiary/aromatic N) is 1. The molecule has 2 atom stereocenters. The van der Waals surface area contributed by atoms with Gasteiger partial charge in [0.05, 0.1) is 5.56 Å². The highest BCUT2D eigenvalue weighted by Crippen LogP contribution is 2.38. The molecule has 0 heterocycles. The number of carbonyl (C=O) groups is 1. The number of hydrogen-bond acceptors (Lipinski definition) is 2. The number of carbonyl (C=O) groups excluding carboxylic acids is 1. The van der Waals surface area contributed by atoms with Crippen molar-refractivity contribution in [3.05, 3.63) is 34.9 Å². The van der Waals surface area contributed by atoms with Gasteiger partial charge in [-0.25, -0.2) is 0 Å². The van der Waals surface area contributed by atoms with Gasteiger partial charge < -0.3 is 10.0 Å². The molecule has 2 unspecified atom stereocenters. The van der Waals surface area contributed by atoms with Crippen molar-refractivity contribution in [1.29, 1.82) is 0 Å². The van der Waals surface area contributed by atoms with Crippen LogP contribution in [0, 0.1) is 30.6 Å². The molecule has 1 aliphatic rings. The number of aryl methyl sites for hydroxylation is 1. The van der Waals surface area contributed by atoms with Crippen LogP contribution in [0.4, 0.5) is 0 Å². The first-order valence-electron chi connectivity index (χ1n) is 6.98. The Labute approximate surface area is 120 Å². The van der Waals surface area contributed by atoms with Crippen LogP contribution in [0.15, 0.2) is 18.2 Å². The average Bonchev–Trinajstić information content (AvgIpc) is 3.11. The van der Waals surface area contributed by atoms with E-state index in [9.17, 15) is 4.79 Å². The van der Waals surface area contributed by atoms with Gasteiger partial charge in [0.15, 0.2) is 0 Å². The summed E-state index contributed by atoms with van der Waals surface area (Å²) in [5, 5.41) is 8.81. The van der Waals surface area contributed by atoms with E-state index in [0.29, 0.717) is 17.0 Å². The predicted octanol–water partition coefficient (Wildman–Crippen LogP) is 2.07. The van der Waals surface area contributed by atoms with Gasteiger partial charge in [0, 0.05) is 19.2 Å². The molecule has 0 saturated heterocycles. The van der Waals surface area contributed by atoms with Gasteiger partial charge in [0.2, 0.25) is 0 Å². The van der Waals surface area contributed by atoms with Gasteiger partial charge in [0.25, 0.3) is 5.91 Å². The second-order valence-corrected chi connectivity index (χ2v) is 5.67. The fourth-order valence-electron chi connectivity index (χ4n) is 2.37. The fourth-order valence-corrected chi connectivity index (χ4v) is 2.37. The van der Waals surface area contributed by atoms with E-state index in [2.05, 4.69) is 18.8 Å². The van der Waals surface area contributed by atoms with Crippen LogP contribution in [-0.2, 0) is 0 Å². The third-order valence-electron chi connectivity index (χ3n) is 3.84. The number of benzene rings is 1. The summed E-state index contributed by atoms with van der Waals surface area (Å²) in [6.07, 6.45) is 1.21. The van der Waals surface area contributed by atoms with E-state index in [4.69, 9.17) is 5.11 Å². The number of amides is 1. The quantitative estimate of drug-likeness (QED) is 0.855. The van der Waals surface area contributed by atoms with Crippen molar-refractivity contribution in [2.45, 2.75) is 20.3 Å². The molecule has 20 heavy (non-hydrogen) atoms. The third kappa shape index (κ3) is 3.40. The van der Waals surface area contributed by atoms with Gasteiger partial charge >= 0.3 is 0 Å². The normalized spacial score (nSPS) is 20.0. The molecule has 1 aromatic rings. The van der Waals surface area contributed by atoms with Crippen LogP contribution in [0.2, 0.25) is 0 Å². The first-order chi connectivity index (χ1) is 9.52. The minimum absolute atomic E-state index is 0.00930. The molecular formula is C17H21NO2. The van der Waals surface area contributed by atoms with Gasteiger partial charge in [0.1, 0.15) is 6.61 Å². The van der Waals surface area contributed by atoms with E-state index in [1.807, 2.05) is 32.2 Å². The summed E-state index contributed by atoms with van der Waals surface area (Å²) >= 11 is 0. The molecule has 3 nitrogen and oxygen atoms in total. The highest BCUT2D eigenvalue weighted by atomic mass is 16.2. The van der Waals surface area contributed by atoms with Gasteiger partial charge in [-0.15, -0.1) is 0 Å². The lowest BCUT2D eigenvalue weighted by atomic mass is 10.0. The number of aliphatic hydroxyl groups excluding tert-OH is 1. The Morgan fingerprint density at radius 1 is 1.50 bits per heavy atom. The summed E-state index contributed by atoms with van der Waals surface area (Å²) in [6, 6.07) is 5.65. The minimum Gasteiger partial charge on any atom is -0.384 e. The maximum Gasteiger partial charge on any atom is 0.254 e. The van der Waals surface area contributed by atoms with Crippen LogP contribution in [-0.4, -0.2) is 36.1 Å². The minimum atomic E-state index is -0.197. The summed E-state index contributed by atoms with van der Waals surface area (Å²) in [5.41, 5.74) is 2.35. The van der Waals surface area contributed by atoms with E-state index < -0.39 is 0 Å². The third-order valence-corrected chi connectivity index (χ3v) is 3.84. The van der Waals surface area contributed by atoms with Crippen molar-refractivity contribution in [3.8, 4) is 11.8 Å². The topological polar surface area (TPSA) is 40.5 Å². The van der Waals surface area contributed by atoms with Crippen LogP contribution in [0.3, 0.4) is 0 Å². The van der Waals surface area contributed by atoms with Crippen molar-refractivity contribution in [2.24, 2.45) is 11.8 Å². The SMILES string of the molecule is Cc1ccc(C#CCO)c(C(=O)N(C)CC2CC2C)c1. The van der Waals surface area contributed by atoms with E-state index in [1.165, 1.54) is 6.42 Å². The second-order valence-electron chi connectivity index (χ2n) is 5.67. The number of aliphatic hydroxyl groups is 1. The molecule has 0 aromatic heterocycles. The van der Waals surface area contributed by atoms with Crippen molar-refractivity contribution in [1.82, 2.24) is 4.90 Å². The Morgan fingerprint density at radius 3 is 2.80 bits per heavy atom. The zero-order valence-electron chi connectivity index (χ0n) is 12.3. The summed E-state index contributed by atoms with van der Waals surface area (Å²) in [4.78, 5) is 14.3. The van der Waals surface area contributed by atoms with E-state index in [-0.39, 0.29) is 12.5 Å². The van der Waals surface area contributed by atoms with Crippen molar-refractivity contribution in [2.75, 3.05) is 20.2 Å². The molecule has 0 spiro atoms. The molecular weight excluding hydrogens is 250 g/mol. The van der Waals surface area contributed by atoms with Crippen molar-refractivity contribution >= 4 is 5.91 Å². The predicted molar refractivity (Wildman–Crippen MR) is 79.4 cm³/mol. The monoisotopic (exact) mass is 271 g/mol. The lowest BCUT2D eigenvalue weighted by Crippen LogP contribution is -2.29. The smallest absolute Gasteiger partial charge is 0.254 e. The van der Waals surface area contributed by atoms with E-state index >= 15 is 0 Å². The highest BCUT2D eigenvalue weighted by Gasteiger charge is 2.34. The molecule has 3 heteroatoms. The highest BCUT2D eigenvalue weighted by molar-refractivity contribution is 5.96. The molecule has 1 N–H and O–H groups in total. The Hall–Kier alpha value is -1.79. The molecule has 0 radical (unpaired) electrons. The van der Waals surface area contributed by atoms with Crippen molar-refractivity contribution < 1.29 is 9.90 Å². The van der Waals surface area contributed by atoms with Crippen LogP contribution < -0.4 is 0 Å². The van der Waals surface area contributed by atoms with Gasteiger partial charge in [-0.3, -0.25) is 4.79 Å². The molecule has 1 aliphatic carbocycles. The van der Waals surface area contributed by atoms with Crippen LogP contribution in [0.5, 0.6) is 0 Å². The fraction of sp³-hybridized carbons (Fsp3) is 0.471. The zero-order chi connectivity index (χ0) is 14.7. The van der Waals surface area contributed by atoms with E-state index in [1.54, 1.807) is 4.90 Å². The first kappa shape index (κ1) is 14.6. The van der Waals surface area contributed by atoms with Crippen LogP contribution >= 0.6 is 0 Å². The summed E-state index contributed by atoms with van der Waals surface area (Å²) in [5.74, 6) is 6.85. The van der Waals surface area contributed by atoms with Gasteiger partial charge in [-0.2, -0.15) is 0 Å². The Morgan fingerprint density at radius 2 is 2.20 bits per heavy atom. The van der Waals surface area contributed by atoms with Gasteiger partial charge in [-0.1, -0.05) is 30.4 Å². The lowest BCUT2D eigenvalue weighted by molar-refractivity contribution is 0.0786. The Bertz CT molecular complexity index is 568. The molecule has 1 amide bonds. The lowest BCUT2D eigenvalue weighted by Gasteiger charge is -2.18. The zero-order valence-corrected chi connectivity index (χ0v) is 12.3. The molecule has 0 aliphatic heterocycles. The maximum absolute atomic E-state index is 12.5. The molecule has 0 bridgehead atoms. The molecule has 1 aromatic carbocycles. The average molecular weight is 271 g/mol. The number of rotatable bonds is 3. The molecule has 1 saturated carbocycles. The van der Waals surface area contributed by atoms with Crippen molar-refractivity contribution in [3.63, 3.8) is 0 Å². The largest absolute Gasteiger partial charge is 0.384 e. The summed E-state index contributed by atoms with van der Waals surface area (Å²) in [6.45, 7) is 4.79. The van der Waals surface area contributed by atoms with Gasteiger partial charge in [-0.05, 0) is 37.3 Å². The first-order valence-corrected chi connectivity index (χ1v) is 6.98. The van der Waals surface area contributed by atoms with E-state index in [0.717, 1.165) is 18.0 Å². The van der Waals surface area contributed by atoms with Crippen LogP contribution in [0.1, 0.15) is 34.8 Å². The summed E-state index contributed by atoms with van der Waals surface area (Å²) in [7, 11) is 1.85. The van der Waals surface area contributed by atoms with Crippen LogP contribution in [0.25, 0.3) is 0 Å². The Kier molecular flexibility index (Phi) is 4.46. The number of hydrogen-bond donors (Lipinski definition) is 1. The standard InChI is InChI=1S/C17H21NO2/c1-12-6-7-14(5-4-8-19)16(9-12)17(20)18(3)11-15-10-13(15)2/h6-7,9,13,15,19H,8,10-11H2,1-3H3. The Balaban J connectivity index is 2.20. The molecule has 1 fully saturated rings. The maximum atomic E-state index is 12.5. The molecule has 106 valence electrons. The molecule has 2 rings (SSSR count). The summed E-state index contributed by atoms with van der Waals surface area (Å²) < 4.78 is 0. The second kappa shape index (κ2) is 6.11.